The minimum absolute atomic E-state index is 0.196. The highest BCUT2D eigenvalue weighted by Gasteiger charge is 2.14. The summed E-state index contributed by atoms with van der Waals surface area (Å²) in [5, 5.41) is 7.33. The van der Waals surface area contributed by atoms with Crippen LogP contribution in [0.1, 0.15) is 15.9 Å². The van der Waals surface area contributed by atoms with Gasteiger partial charge in [0.1, 0.15) is 5.75 Å². The molecule has 4 rings (SSSR count). The number of nitrogens with zero attached hydrogens (tertiary/aromatic N) is 3. The molecule has 0 spiro atoms. The van der Waals surface area contributed by atoms with Crippen molar-refractivity contribution in [3.05, 3.63) is 83.9 Å². The highest BCUT2D eigenvalue weighted by Crippen LogP contribution is 2.25. The van der Waals surface area contributed by atoms with Crippen LogP contribution in [-0.2, 0) is 0 Å². The van der Waals surface area contributed by atoms with Crippen LogP contribution in [0.25, 0.3) is 17.1 Å². The molecule has 7 heteroatoms. The SMILES string of the molecule is COc1ccc(C(=O)Nc2ccc(-n3nc(OC)nc3-c3ccc(C)cc3)cc2)cc1. The first-order chi connectivity index (χ1) is 15.1. The fourth-order valence-electron chi connectivity index (χ4n) is 3.08. The summed E-state index contributed by atoms with van der Waals surface area (Å²) in [5.41, 5.74) is 4.12. The van der Waals surface area contributed by atoms with E-state index in [0.29, 0.717) is 22.8 Å². The van der Waals surface area contributed by atoms with Gasteiger partial charge in [-0.3, -0.25) is 4.79 Å². The third kappa shape index (κ3) is 4.40. The molecule has 31 heavy (non-hydrogen) atoms. The van der Waals surface area contributed by atoms with Crippen molar-refractivity contribution in [1.82, 2.24) is 14.8 Å². The first-order valence-corrected chi connectivity index (χ1v) is 9.71. The van der Waals surface area contributed by atoms with Gasteiger partial charge in [-0.25, -0.2) is 4.68 Å². The molecule has 1 amide bonds. The average molecular weight is 414 g/mol. The van der Waals surface area contributed by atoms with Gasteiger partial charge in [0, 0.05) is 16.8 Å². The Bertz CT molecular complexity index is 1180. The summed E-state index contributed by atoms with van der Waals surface area (Å²) in [7, 11) is 3.13. The van der Waals surface area contributed by atoms with Crippen LogP contribution in [0, 0.1) is 6.92 Å². The standard InChI is InChI=1S/C24H22N4O3/c1-16-4-6-17(7-5-16)22-26-24(31-3)27-28(22)20-12-10-19(11-13-20)25-23(29)18-8-14-21(30-2)15-9-18/h4-15H,1-3H3,(H,25,29). The highest BCUT2D eigenvalue weighted by molar-refractivity contribution is 6.04. The van der Waals surface area contributed by atoms with Crippen molar-refractivity contribution in [3.63, 3.8) is 0 Å². The molecule has 0 bridgehead atoms. The molecule has 3 aromatic carbocycles. The van der Waals surface area contributed by atoms with Crippen molar-refractivity contribution in [2.24, 2.45) is 0 Å². The molecule has 0 saturated heterocycles. The molecule has 0 unspecified atom stereocenters. The minimum atomic E-state index is -0.196. The van der Waals surface area contributed by atoms with Crippen molar-refractivity contribution < 1.29 is 14.3 Å². The molecular formula is C24H22N4O3. The van der Waals surface area contributed by atoms with E-state index in [1.807, 2.05) is 55.5 Å². The molecule has 1 heterocycles. The second kappa shape index (κ2) is 8.71. The molecule has 1 aromatic heterocycles. The van der Waals surface area contributed by atoms with Crippen LogP contribution in [0.15, 0.2) is 72.8 Å². The Hall–Kier alpha value is -4.13. The number of methoxy groups -OCH3 is 2. The van der Waals surface area contributed by atoms with Crippen LogP contribution < -0.4 is 14.8 Å². The lowest BCUT2D eigenvalue weighted by Crippen LogP contribution is -2.11. The van der Waals surface area contributed by atoms with Gasteiger partial charge in [0.15, 0.2) is 5.82 Å². The molecule has 156 valence electrons. The zero-order chi connectivity index (χ0) is 21.8. The van der Waals surface area contributed by atoms with Crippen LogP contribution in [0.5, 0.6) is 11.8 Å². The molecule has 0 aliphatic heterocycles. The lowest BCUT2D eigenvalue weighted by molar-refractivity contribution is 0.102. The van der Waals surface area contributed by atoms with Gasteiger partial charge >= 0.3 is 6.01 Å². The lowest BCUT2D eigenvalue weighted by atomic mass is 10.1. The van der Waals surface area contributed by atoms with Crippen molar-refractivity contribution in [3.8, 4) is 28.8 Å². The number of amides is 1. The van der Waals surface area contributed by atoms with Crippen LogP contribution in [-0.4, -0.2) is 34.9 Å². The molecule has 0 aliphatic carbocycles. The number of carbonyl (C=O) groups excluding carboxylic acids is 1. The number of aryl methyl sites for hydroxylation is 1. The quantitative estimate of drug-likeness (QED) is 0.502. The monoisotopic (exact) mass is 414 g/mol. The zero-order valence-electron chi connectivity index (χ0n) is 17.5. The number of anilines is 1. The van der Waals surface area contributed by atoms with Crippen LogP contribution in [0.2, 0.25) is 0 Å². The van der Waals surface area contributed by atoms with E-state index < -0.39 is 0 Å². The normalized spacial score (nSPS) is 10.5. The second-order valence-corrected chi connectivity index (χ2v) is 6.93. The number of rotatable bonds is 6. The topological polar surface area (TPSA) is 78.3 Å². The Morgan fingerprint density at radius 2 is 1.55 bits per heavy atom. The van der Waals surface area contributed by atoms with Crippen molar-refractivity contribution in [2.75, 3.05) is 19.5 Å². The van der Waals surface area contributed by atoms with Crippen molar-refractivity contribution >= 4 is 11.6 Å². The molecule has 7 nitrogen and oxygen atoms in total. The number of hydrogen-bond donors (Lipinski definition) is 1. The Balaban J connectivity index is 1.57. The van der Waals surface area contributed by atoms with Gasteiger partial charge in [0.2, 0.25) is 0 Å². The first kappa shape index (κ1) is 20.2. The minimum Gasteiger partial charge on any atom is -0.497 e. The molecule has 0 radical (unpaired) electrons. The van der Waals surface area contributed by atoms with Gasteiger partial charge in [-0.15, -0.1) is 5.10 Å². The second-order valence-electron chi connectivity index (χ2n) is 6.93. The summed E-state index contributed by atoms with van der Waals surface area (Å²) in [6.45, 7) is 2.04. The number of ether oxygens (including phenoxy) is 2. The largest absolute Gasteiger partial charge is 0.497 e. The fraction of sp³-hybridized carbons (Fsp3) is 0.125. The summed E-state index contributed by atoms with van der Waals surface area (Å²) in [4.78, 5) is 17.0. The maximum atomic E-state index is 12.5. The van der Waals surface area contributed by atoms with E-state index >= 15 is 0 Å². The molecule has 4 aromatic rings. The molecular weight excluding hydrogens is 392 g/mol. The maximum absolute atomic E-state index is 12.5. The maximum Gasteiger partial charge on any atom is 0.336 e. The third-order valence-electron chi connectivity index (χ3n) is 4.80. The van der Waals surface area contributed by atoms with Gasteiger partial charge in [0.05, 0.1) is 19.9 Å². The Morgan fingerprint density at radius 1 is 0.871 bits per heavy atom. The lowest BCUT2D eigenvalue weighted by Gasteiger charge is -2.09. The van der Waals surface area contributed by atoms with Crippen molar-refractivity contribution in [2.45, 2.75) is 6.92 Å². The van der Waals surface area contributed by atoms with E-state index in [1.165, 1.54) is 12.7 Å². The number of carbonyl (C=O) groups is 1. The van der Waals surface area contributed by atoms with E-state index in [0.717, 1.165) is 11.3 Å². The summed E-state index contributed by atoms with van der Waals surface area (Å²) in [5.74, 6) is 1.18. The van der Waals surface area contributed by atoms with Crippen LogP contribution in [0.4, 0.5) is 5.69 Å². The molecule has 0 saturated carbocycles. The summed E-state index contributed by atoms with van der Waals surface area (Å²) >= 11 is 0. The molecule has 1 N–H and O–H groups in total. The smallest absolute Gasteiger partial charge is 0.336 e. The molecule has 0 fully saturated rings. The fourth-order valence-corrected chi connectivity index (χ4v) is 3.08. The first-order valence-electron chi connectivity index (χ1n) is 9.71. The van der Waals surface area contributed by atoms with Gasteiger partial charge in [0.25, 0.3) is 5.91 Å². The Kier molecular flexibility index (Phi) is 5.66. The van der Waals surface area contributed by atoms with Crippen LogP contribution >= 0.6 is 0 Å². The van der Waals surface area contributed by atoms with E-state index in [2.05, 4.69) is 15.4 Å². The predicted octanol–water partition coefficient (Wildman–Crippen LogP) is 4.51. The molecule has 0 aliphatic rings. The Labute approximate surface area is 180 Å². The summed E-state index contributed by atoms with van der Waals surface area (Å²) in [6.07, 6.45) is 0. The van der Waals surface area contributed by atoms with Crippen LogP contribution in [0.3, 0.4) is 0 Å². The number of aromatic nitrogens is 3. The third-order valence-corrected chi connectivity index (χ3v) is 4.80. The number of nitrogens with one attached hydrogen (secondary N) is 1. The number of hydrogen-bond acceptors (Lipinski definition) is 5. The average Bonchev–Trinajstić information content (AvgIpc) is 3.24. The van der Waals surface area contributed by atoms with E-state index in [4.69, 9.17) is 9.47 Å². The van der Waals surface area contributed by atoms with E-state index in [1.54, 1.807) is 36.1 Å². The van der Waals surface area contributed by atoms with Gasteiger partial charge in [-0.05, 0) is 55.5 Å². The van der Waals surface area contributed by atoms with Crippen molar-refractivity contribution in [1.29, 1.82) is 0 Å². The van der Waals surface area contributed by atoms with Gasteiger partial charge in [-0.1, -0.05) is 29.8 Å². The predicted molar refractivity (Wildman–Crippen MR) is 119 cm³/mol. The van der Waals surface area contributed by atoms with E-state index in [-0.39, 0.29) is 11.9 Å². The molecule has 0 atom stereocenters. The van der Waals surface area contributed by atoms with E-state index in [9.17, 15) is 4.79 Å². The Morgan fingerprint density at radius 3 is 2.16 bits per heavy atom. The highest BCUT2D eigenvalue weighted by atomic mass is 16.5. The van der Waals surface area contributed by atoms with Gasteiger partial charge in [-0.2, -0.15) is 4.98 Å². The van der Waals surface area contributed by atoms with Gasteiger partial charge < -0.3 is 14.8 Å². The zero-order valence-corrected chi connectivity index (χ0v) is 17.5. The summed E-state index contributed by atoms with van der Waals surface area (Å²) < 4.78 is 12.1. The summed E-state index contributed by atoms with van der Waals surface area (Å²) in [6, 6.07) is 22.7. The number of benzene rings is 3.